The number of carbonyl (C=O) groups is 1. The smallest absolute Gasteiger partial charge is 0.273 e. The Kier molecular flexibility index (Phi) is 4.74. The molecule has 3 aromatic heterocycles. The fourth-order valence-corrected chi connectivity index (χ4v) is 3.54. The van der Waals surface area contributed by atoms with Gasteiger partial charge in [-0.2, -0.15) is 5.10 Å². The highest BCUT2D eigenvalue weighted by molar-refractivity contribution is 6.05. The van der Waals surface area contributed by atoms with Crippen molar-refractivity contribution in [2.24, 2.45) is 7.05 Å². The lowest BCUT2D eigenvalue weighted by molar-refractivity contribution is 0.101. The number of aromatic nitrogens is 4. The van der Waals surface area contributed by atoms with Gasteiger partial charge in [0, 0.05) is 30.6 Å². The van der Waals surface area contributed by atoms with E-state index in [1.165, 1.54) is 16.8 Å². The molecule has 0 spiro atoms. The summed E-state index contributed by atoms with van der Waals surface area (Å²) in [5, 5.41) is 7.19. The average Bonchev–Trinajstić information content (AvgIpc) is 3.39. The van der Waals surface area contributed by atoms with Crippen LogP contribution in [0.25, 0.3) is 28.2 Å². The van der Waals surface area contributed by atoms with Gasteiger partial charge in [-0.3, -0.25) is 9.48 Å². The normalized spacial score (nSPS) is 11.1. The van der Waals surface area contributed by atoms with Crippen molar-refractivity contribution >= 4 is 17.2 Å². The van der Waals surface area contributed by atoms with Crippen LogP contribution in [-0.2, 0) is 7.05 Å². The Balaban J connectivity index is 1.46. The lowest BCUT2D eigenvalue weighted by Crippen LogP contribution is -2.16. The monoisotopic (exact) mass is 429 g/mol. The quantitative estimate of drug-likeness (QED) is 0.441. The zero-order valence-electron chi connectivity index (χ0n) is 17.0. The number of benzene rings is 2. The summed E-state index contributed by atoms with van der Waals surface area (Å²) in [5.41, 5.74) is 3.90. The Morgan fingerprint density at radius 2 is 1.75 bits per heavy atom. The van der Waals surface area contributed by atoms with E-state index in [0.29, 0.717) is 16.9 Å². The van der Waals surface area contributed by atoms with Crippen LogP contribution in [0.1, 0.15) is 10.5 Å². The molecule has 1 amide bonds. The number of para-hydroxylation sites is 1. The van der Waals surface area contributed by atoms with Crippen LogP contribution >= 0.6 is 0 Å². The first-order valence-corrected chi connectivity index (χ1v) is 9.83. The highest BCUT2D eigenvalue weighted by atomic mass is 19.2. The highest BCUT2D eigenvalue weighted by Crippen LogP contribution is 2.28. The third-order valence-corrected chi connectivity index (χ3v) is 5.14. The molecule has 8 heteroatoms. The number of amides is 1. The molecule has 0 saturated carbocycles. The number of fused-ring (bicyclic) bond motifs is 1. The van der Waals surface area contributed by atoms with Crippen LogP contribution in [0.15, 0.2) is 79.1 Å². The first-order valence-electron chi connectivity index (χ1n) is 9.83. The van der Waals surface area contributed by atoms with Crippen molar-refractivity contribution in [3.8, 4) is 22.5 Å². The van der Waals surface area contributed by atoms with Gasteiger partial charge in [-0.15, -0.1) is 0 Å². The topological polar surface area (TPSA) is 64.2 Å². The summed E-state index contributed by atoms with van der Waals surface area (Å²) in [6, 6.07) is 18.1. The molecule has 0 fully saturated rings. The van der Waals surface area contributed by atoms with E-state index >= 15 is 0 Å². The fourth-order valence-electron chi connectivity index (χ4n) is 3.54. The molecule has 1 N–H and O–H groups in total. The van der Waals surface area contributed by atoms with E-state index in [1.54, 1.807) is 13.1 Å². The number of pyridine rings is 1. The summed E-state index contributed by atoms with van der Waals surface area (Å²) in [5.74, 6) is -2.29. The molecule has 5 rings (SSSR count). The van der Waals surface area contributed by atoms with Gasteiger partial charge in [0.25, 0.3) is 5.91 Å². The SMILES string of the molecule is Cn1nc(-c2ccc(F)c(F)c2)cc1C(=O)Nc1ccccc1-c1cn2ccccc2n1. The van der Waals surface area contributed by atoms with Crippen molar-refractivity contribution in [1.82, 2.24) is 19.2 Å². The molecule has 0 aliphatic carbocycles. The van der Waals surface area contributed by atoms with Crippen LogP contribution in [0.4, 0.5) is 14.5 Å². The summed E-state index contributed by atoms with van der Waals surface area (Å²) in [4.78, 5) is 17.7. The number of nitrogens with zero attached hydrogens (tertiary/aromatic N) is 4. The van der Waals surface area contributed by atoms with Crippen molar-refractivity contribution < 1.29 is 13.6 Å². The number of imidazole rings is 1. The lowest BCUT2D eigenvalue weighted by atomic mass is 10.1. The zero-order chi connectivity index (χ0) is 22.2. The van der Waals surface area contributed by atoms with E-state index in [0.717, 1.165) is 29.0 Å². The maximum absolute atomic E-state index is 13.6. The third-order valence-electron chi connectivity index (χ3n) is 5.14. The molecular weight excluding hydrogens is 412 g/mol. The van der Waals surface area contributed by atoms with Crippen LogP contribution in [0.3, 0.4) is 0 Å². The molecular formula is C24H17F2N5O. The van der Waals surface area contributed by atoms with Crippen LogP contribution in [0.2, 0.25) is 0 Å². The van der Waals surface area contributed by atoms with Crippen LogP contribution in [0, 0.1) is 11.6 Å². The molecule has 0 radical (unpaired) electrons. The molecule has 0 atom stereocenters. The number of halogens is 2. The second-order valence-corrected chi connectivity index (χ2v) is 7.26. The van der Waals surface area contributed by atoms with Crippen molar-refractivity contribution in [2.45, 2.75) is 0 Å². The van der Waals surface area contributed by atoms with Crippen molar-refractivity contribution in [2.75, 3.05) is 5.32 Å². The number of hydrogen-bond donors (Lipinski definition) is 1. The minimum Gasteiger partial charge on any atom is -0.320 e. The van der Waals surface area contributed by atoms with Crippen LogP contribution < -0.4 is 5.32 Å². The van der Waals surface area contributed by atoms with Gasteiger partial charge < -0.3 is 9.72 Å². The van der Waals surface area contributed by atoms with Gasteiger partial charge in [0.1, 0.15) is 11.3 Å². The van der Waals surface area contributed by atoms with E-state index in [2.05, 4.69) is 15.4 Å². The summed E-state index contributed by atoms with van der Waals surface area (Å²) < 4.78 is 30.2. The molecule has 0 bridgehead atoms. The lowest BCUT2D eigenvalue weighted by Gasteiger charge is -2.09. The van der Waals surface area contributed by atoms with E-state index in [-0.39, 0.29) is 11.6 Å². The number of carbonyl (C=O) groups excluding carboxylic acids is 1. The fraction of sp³-hybridized carbons (Fsp3) is 0.0417. The molecule has 6 nitrogen and oxygen atoms in total. The molecule has 2 aromatic carbocycles. The Hall–Kier alpha value is -4.33. The minimum atomic E-state index is -0.972. The molecule has 0 aliphatic heterocycles. The van der Waals surface area contributed by atoms with Crippen LogP contribution in [0.5, 0.6) is 0 Å². The molecule has 3 heterocycles. The summed E-state index contributed by atoms with van der Waals surface area (Å²) in [6.07, 6.45) is 3.80. The second-order valence-electron chi connectivity index (χ2n) is 7.26. The Bertz CT molecular complexity index is 1440. The molecule has 5 aromatic rings. The molecule has 0 aliphatic rings. The minimum absolute atomic E-state index is 0.273. The number of hydrogen-bond acceptors (Lipinski definition) is 3. The summed E-state index contributed by atoms with van der Waals surface area (Å²) in [7, 11) is 1.62. The van der Waals surface area contributed by atoms with E-state index < -0.39 is 11.6 Å². The van der Waals surface area contributed by atoms with Gasteiger partial charge in [0.05, 0.1) is 17.1 Å². The largest absolute Gasteiger partial charge is 0.320 e. The van der Waals surface area contributed by atoms with E-state index in [9.17, 15) is 13.6 Å². The van der Waals surface area contributed by atoms with Gasteiger partial charge in [0.2, 0.25) is 0 Å². The van der Waals surface area contributed by atoms with E-state index in [1.807, 2.05) is 53.2 Å². The Morgan fingerprint density at radius 3 is 2.56 bits per heavy atom. The van der Waals surface area contributed by atoms with Gasteiger partial charge in [0.15, 0.2) is 11.6 Å². The molecule has 32 heavy (non-hydrogen) atoms. The van der Waals surface area contributed by atoms with Crippen molar-refractivity contribution in [3.63, 3.8) is 0 Å². The van der Waals surface area contributed by atoms with Crippen LogP contribution in [-0.4, -0.2) is 25.1 Å². The molecule has 0 saturated heterocycles. The Morgan fingerprint density at radius 1 is 0.938 bits per heavy atom. The first kappa shape index (κ1) is 19.6. The second kappa shape index (κ2) is 7.73. The van der Waals surface area contributed by atoms with Gasteiger partial charge >= 0.3 is 0 Å². The molecule has 0 unspecified atom stereocenters. The maximum atomic E-state index is 13.6. The van der Waals surface area contributed by atoms with Gasteiger partial charge in [-0.1, -0.05) is 24.3 Å². The average molecular weight is 429 g/mol. The number of nitrogens with one attached hydrogen (secondary N) is 1. The number of anilines is 1. The predicted octanol–water partition coefficient (Wildman–Crippen LogP) is 4.93. The Labute approximate surface area is 181 Å². The first-order chi connectivity index (χ1) is 15.5. The summed E-state index contributed by atoms with van der Waals surface area (Å²) >= 11 is 0. The van der Waals surface area contributed by atoms with Gasteiger partial charge in [-0.25, -0.2) is 13.8 Å². The molecule has 158 valence electrons. The number of aryl methyl sites for hydroxylation is 1. The predicted molar refractivity (Wildman–Crippen MR) is 117 cm³/mol. The van der Waals surface area contributed by atoms with Crippen molar-refractivity contribution in [3.05, 3.63) is 96.5 Å². The number of rotatable bonds is 4. The standard InChI is InChI=1S/C24H17F2N5O/c1-30-22(13-20(29-30)15-9-10-17(25)18(26)12-15)24(32)28-19-7-3-2-6-16(19)21-14-31-11-5-4-8-23(31)27-21/h2-14H,1H3,(H,28,32). The third kappa shape index (κ3) is 3.51. The van der Waals surface area contributed by atoms with Crippen molar-refractivity contribution in [1.29, 1.82) is 0 Å². The summed E-state index contributed by atoms with van der Waals surface area (Å²) in [6.45, 7) is 0. The highest BCUT2D eigenvalue weighted by Gasteiger charge is 2.18. The zero-order valence-corrected chi connectivity index (χ0v) is 17.0. The van der Waals surface area contributed by atoms with Gasteiger partial charge in [-0.05, 0) is 42.5 Å². The van der Waals surface area contributed by atoms with E-state index in [4.69, 9.17) is 0 Å². The maximum Gasteiger partial charge on any atom is 0.273 e.